The van der Waals surface area contributed by atoms with Gasteiger partial charge in [0.25, 0.3) is 5.78 Å². The Balaban J connectivity index is 1.67. The topological polar surface area (TPSA) is 102 Å². The Morgan fingerprint density at radius 1 is 1.05 bits per heavy atom. The van der Waals surface area contributed by atoms with E-state index in [1.807, 2.05) is 39.8 Å². The molecule has 1 fully saturated rings. The average molecular weight is 530 g/mol. The number of carbonyl (C=O) groups excluding carboxylic acids is 2. The summed E-state index contributed by atoms with van der Waals surface area (Å²) in [6, 6.07) is 13.2. The van der Waals surface area contributed by atoms with Crippen LogP contribution < -0.4 is 14.4 Å². The maximum Gasteiger partial charge on any atom is 0.301 e. The highest BCUT2D eigenvalue weighted by Gasteiger charge is 2.48. The minimum Gasteiger partial charge on any atom is -0.507 e. The summed E-state index contributed by atoms with van der Waals surface area (Å²) >= 11 is 1.27. The minimum atomic E-state index is -0.952. The molecule has 1 aliphatic heterocycles. The normalized spacial score (nSPS) is 17.0. The number of aliphatic hydroxyl groups is 1. The number of hydrogen-bond acceptors (Lipinski definition) is 8. The molecule has 1 aliphatic rings. The number of pyridine rings is 1. The van der Waals surface area contributed by atoms with Crippen LogP contribution in [-0.4, -0.2) is 40.0 Å². The number of ketones is 1. The number of Topliss-reactive ketones (excluding diaryl/α,β-unsaturated/α-hetero) is 1. The smallest absolute Gasteiger partial charge is 0.301 e. The van der Waals surface area contributed by atoms with Gasteiger partial charge in [-0.1, -0.05) is 17.4 Å². The second-order valence-corrected chi connectivity index (χ2v) is 10.4. The summed E-state index contributed by atoms with van der Waals surface area (Å²) in [5, 5.41) is 11.8. The molecule has 1 amide bonds. The number of benzene rings is 2. The van der Waals surface area contributed by atoms with E-state index >= 15 is 0 Å². The van der Waals surface area contributed by atoms with Crippen molar-refractivity contribution in [2.45, 2.75) is 39.8 Å². The second kappa shape index (κ2) is 9.90. The van der Waals surface area contributed by atoms with Crippen LogP contribution >= 0.6 is 11.3 Å². The van der Waals surface area contributed by atoms with Gasteiger partial charge >= 0.3 is 5.91 Å². The molecule has 0 spiro atoms. The molecule has 0 radical (unpaired) electrons. The SMILES string of the molecule is COc1cc2sc(N3C(=O)C(=O)/C(=C(/O)c4ccc(OC(C)C)c(C)c4)C3c3ccccn3)nc2cc1C. The zero-order chi connectivity index (χ0) is 27.1. The highest BCUT2D eigenvalue weighted by molar-refractivity contribution is 7.22. The quantitative estimate of drug-likeness (QED) is 0.193. The standard InChI is InChI=1S/C29H27N3O5S/c1-15(2)37-21-10-9-18(12-16(21)3)26(33)24-25(19-8-6-7-11-30-19)32(28(35)27(24)34)29-31-20-13-17(4)22(36-5)14-23(20)38-29/h6-15,25,33H,1-5H3/b26-24+. The summed E-state index contributed by atoms with van der Waals surface area (Å²) in [5.41, 5.74) is 3.18. The number of carbonyl (C=O) groups is 2. The molecule has 1 saturated heterocycles. The first-order valence-corrected chi connectivity index (χ1v) is 13.0. The molecule has 4 aromatic rings. The van der Waals surface area contributed by atoms with Crippen LogP contribution in [0.3, 0.4) is 0 Å². The van der Waals surface area contributed by atoms with Gasteiger partial charge in [0.05, 0.1) is 34.7 Å². The summed E-state index contributed by atoms with van der Waals surface area (Å²) in [5.74, 6) is -0.471. The van der Waals surface area contributed by atoms with Gasteiger partial charge in [0, 0.05) is 11.8 Å². The van der Waals surface area contributed by atoms with Gasteiger partial charge in [-0.15, -0.1) is 0 Å². The minimum absolute atomic E-state index is 0.0137. The molecule has 0 bridgehead atoms. The van der Waals surface area contributed by atoms with Crippen molar-refractivity contribution in [2.75, 3.05) is 12.0 Å². The third-order valence-electron chi connectivity index (χ3n) is 6.32. The molecular weight excluding hydrogens is 502 g/mol. The van der Waals surface area contributed by atoms with Crippen LogP contribution in [0.15, 0.2) is 60.3 Å². The van der Waals surface area contributed by atoms with E-state index in [1.165, 1.54) is 16.2 Å². The number of ether oxygens (including phenoxy) is 2. The van der Waals surface area contributed by atoms with Gasteiger partial charge in [-0.2, -0.15) is 0 Å². The number of fused-ring (bicyclic) bond motifs is 1. The predicted octanol–water partition coefficient (Wildman–Crippen LogP) is 5.73. The molecule has 2 aromatic carbocycles. The molecule has 1 N–H and O–H groups in total. The van der Waals surface area contributed by atoms with Crippen LogP contribution in [0.5, 0.6) is 11.5 Å². The molecule has 1 unspecified atom stereocenters. The van der Waals surface area contributed by atoms with Gasteiger partial charge in [0.1, 0.15) is 23.3 Å². The van der Waals surface area contributed by atoms with E-state index in [2.05, 4.69) is 9.97 Å². The van der Waals surface area contributed by atoms with Crippen molar-refractivity contribution >= 4 is 44.1 Å². The van der Waals surface area contributed by atoms with E-state index < -0.39 is 17.7 Å². The number of aryl methyl sites for hydroxylation is 2. The van der Waals surface area contributed by atoms with Crippen LogP contribution in [-0.2, 0) is 9.59 Å². The molecule has 9 heteroatoms. The van der Waals surface area contributed by atoms with Gasteiger partial charge in [0.2, 0.25) is 0 Å². The number of rotatable bonds is 6. The lowest BCUT2D eigenvalue weighted by molar-refractivity contribution is -0.132. The lowest BCUT2D eigenvalue weighted by Gasteiger charge is -2.22. The largest absolute Gasteiger partial charge is 0.507 e. The van der Waals surface area contributed by atoms with Crippen LogP contribution in [0.4, 0.5) is 5.13 Å². The third-order valence-corrected chi connectivity index (χ3v) is 7.34. The molecule has 1 atom stereocenters. The van der Waals surface area contributed by atoms with Gasteiger partial charge in [-0.25, -0.2) is 4.98 Å². The Bertz CT molecular complexity index is 1590. The maximum atomic E-state index is 13.5. The van der Waals surface area contributed by atoms with E-state index in [1.54, 1.807) is 49.7 Å². The summed E-state index contributed by atoms with van der Waals surface area (Å²) in [6.07, 6.45) is 1.57. The lowest BCUT2D eigenvalue weighted by atomic mass is 9.97. The first-order chi connectivity index (χ1) is 18.2. The van der Waals surface area contributed by atoms with Crippen molar-refractivity contribution in [1.29, 1.82) is 0 Å². The van der Waals surface area contributed by atoms with Gasteiger partial charge in [0.15, 0.2) is 5.13 Å². The van der Waals surface area contributed by atoms with Crippen molar-refractivity contribution in [1.82, 2.24) is 9.97 Å². The Hall–Kier alpha value is -4.24. The Kier molecular flexibility index (Phi) is 6.62. The molecule has 0 saturated carbocycles. The number of aliphatic hydroxyl groups excluding tert-OH is 1. The maximum absolute atomic E-state index is 13.5. The monoisotopic (exact) mass is 529 g/mol. The first-order valence-electron chi connectivity index (χ1n) is 12.1. The summed E-state index contributed by atoms with van der Waals surface area (Å²) in [7, 11) is 1.60. The molecule has 38 heavy (non-hydrogen) atoms. The van der Waals surface area contributed by atoms with E-state index in [9.17, 15) is 14.7 Å². The Morgan fingerprint density at radius 3 is 2.47 bits per heavy atom. The fraction of sp³-hybridized carbons (Fsp3) is 0.241. The highest BCUT2D eigenvalue weighted by atomic mass is 32.1. The molecule has 2 aromatic heterocycles. The lowest BCUT2D eigenvalue weighted by Crippen LogP contribution is -2.29. The van der Waals surface area contributed by atoms with Crippen molar-refractivity contribution in [3.63, 3.8) is 0 Å². The number of hydrogen-bond donors (Lipinski definition) is 1. The highest BCUT2D eigenvalue weighted by Crippen LogP contribution is 2.44. The number of aromatic nitrogens is 2. The number of amides is 1. The van der Waals surface area contributed by atoms with Crippen molar-refractivity contribution < 1.29 is 24.2 Å². The third kappa shape index (κ3) is 4.39. The molecule has 194 valence electrons. The number of methoxy groups -OCH3 is 1. The van der Waals surface area contributed by atoms with E-state index in [-0.39, 0.29) is 17.4 Å². The van der Waals surface area contributed by atoms with Gasteiger partial charge in [-0.3, -0.25) is 19.5 Å². The molecule has 5 rings (SSSR count). The van der Waals surface area contributed by atoms with Gasteiger partial charge in [-0.05, 0) is 81.3 Å². The fourth-order valence-electron chi connectivity index (χ4n) is 4.56. The Morgan fingerprint density at radius 2 is 1.82 bits per heavy atom. The zero-order valence-electron chi connectivity index (χ0n) is 21.7. The number of anilines is 1. The van der Waals surface area contributed by atoms with Crippen molar-refractivity contribution in [3.8, 4) is 11.5 Å². The number of thiazole rings is 1. The first kappa shape index (κ1) is 25.4. The van der Waals surface area contributed by atoms with Crippen molar-refractivity contribution in [3.05, 3.63) is 82.7 Å². The van der Waals surface area contributed by atoms with E-state index in [0.717, 1.165) is 15.8 Å². The Labute approximate surface area is 224 Å². The van der Waals surface area contributed by atoms with Crippen LogP contribution in [0.25, 0.3) is 16.0 Å². The summed E-state index contributed by atoms with van der Waals surface area (Å²) < 4.78 is 12.1. The molecule has 0 aliphatic carbocycles. The molecular formula is C29H27N3O5S. The van der Waals surface area contributed by atoms with Gasteiger partial charge < -0.3 is 14.6 Å². The van der Waals surface area contributed by atoms with E-state index in [0.29, 0.717) is 33.4 Å². The number of nitrogens with zero attached hydrogens (tertiary/aromatic N) is 3. The molecule has 8 nitrogen and oxygen atoms in total. The summed E-state index contributed by atoms with van der Waals surface area (Å²) in [4.78, 5) is 37.4. The second-order valence-electron chi connectivity index (χ2n) is 9.36. The zero-order valence-corrected chi connectivity index (χ0v) is 22.5. The van der Waals surface area contributed by atoms with Crippen LogP contribution in [0.1, 0.15) is 42.3 Å². The van der Waals surface area contributed by atoms with Crippen LogP contribution in [0, 0.1) is 13.8 Å². The average Bonchev–Trinajstić information content (AvgIpc) is 3.41. The van der Waals surface area contributed by atoms with Crippen molar-refractivity contribution in [2.24, 2.45) is 0 Å². The van der Waals surface area contributed by atoms with Crippen LogP contribution in [0.2, 0.25) is 0 Å². The molecule has 3 heterocycles. The predicted molar refractivity (Wildman–Crippen MR) is 147 cm³/mol. The van der Waals surface area contributed by atoms with E-state index in [4.69, 9.17) is 9.47 Å². The fourth-order valence-corrected chi connectivity index (χ4v) is 5.56. The summed E-state index contributed by atoms with van der Waals surface area (Å²) in [6.45, 7) is 7.64.